The van der Waals surface area contributed by atoms with Gasteiger partial charge in [-0.25, -0.2) is 9.37 Å². The summed E-state index contributed by atoms with van der Waals surface area (Å²) in [5.41, 5.74) is 1.59. The summed E-state index contributed by atoms with van der Waals surface area (Å²) in [4.78, 5) is 14.3. The third-order valence-electron chi connectivity index (χ3n) is 4.93. The van der Waals surface area contributed by atoms with Gasteiger partial charge in [0.05, 0.1) is 12.2 Å². The van der Waals surface area contributed by atoms with Gasteiger partial charge in [-0.2, -0.15) is 0 Å². The number of piperazine rings is 1. The molecule has 1 aliphatic heterocycles. The fraction of sp³-hybridized carbons (Fsp3) is 0.500. The SMILES string of the molecule is CCN1CCN(c2ccc(CNC(=NC)NCc3ncc(C)s3)cc2F)CC1.I. The summed E-state index contributed by atoms with van der Waals surface area (Å²) in [7, 11) is 1.72. The summed E-state index contributed by atoms with van der Waals surface area (Å²) in [5.74, 6) is 0.512. The predicted octanol–water partition coefficient (Wildman–Crippen LogP) is 3.22. The van der Waals surface area contributed by atoms with Crippen molar-refractivity contribution in [3.63, 3.8) is 0 Å². The van der Waals surface area contributed by atoms with Gasteiger partial charge in [-0.05, 0) is 31.2 Å². The van der Waals surface area contributed by atoms with Gasteiger partial charge in [0.2, 0.25) is 0 Å². The lowest BCUT2D eigenvalue weighted by molar-refractivity contribution is 0.270. The van der Waals surface area contributed by atoms with Crippen molar-refractivity contribution in [3.8, 4) is 0 Å². The van der Waals surface area contributed by atoms with Gasteiger partial charge in [-0.1, -0.05) is 13.0 Å². The zero-order chi connectivity index (χ0) is 19.9. The summed E-state index contributed by atoms with van der Waals surface area (Å²) >= 11 is 1.66. The second-order valence-electron chi connectivity index (χ2n) is 6.85. The highest BCUT2D eigenvalue weighted by atomic mass is 127. The number of anilines is 1. The molecule has 0 saturated carbocycles. The van der Waals surface area contributed by atoms with Crippen LogP contribution >= 0.6 is 35.3 Å². The Balaban J connectivity index is 0.00000300. The Bertz CT molecular complexity index is 804. The van der Waals surface area contributed by atoms with Crippen LogP contribution in [-0.4, -0.2) is 55.6 Å². The first-order chi connectivity index (χ1) is 13.6. The van der Waals surface area contributed by atoms with Gasteiger partial charge in [0.15, 0.2) is 5.96 Å². The molecule has 6 nitrogen and oxygen atoms in total. The molecule has 3 rings (SSSR count). The summed E-state index contributed by atoms with van der Waals surface area (Å²) in [6, 6.07) is 5.49. The Kier molecular flexibility index (Phi) is 9.57. The molecule has 0 radical (unpaired) electrons. The molecule has 160 valence electrons. The summed E-state index contributed by atoms with van der Waals surface area (Å²) < 4.78 is 14.7. The molecular formula is C20H30FIN6S. The van der Waals surface area contributed by atoms with Crippen LogP contribution in [0.2, 0.25) is 0 Å². The molecule has 1 fully saturated rings. The molecule has 2 aromatic rings. The smallest absolute Gasteiger partial charge is 0.191 e. The highest BCUT2D eigenvalue weighted by Crippen LogP contribution is 2.22. The van der Waals surface area contributed by atoms with Crippen LogP contribution < -0.4 is 15.5 Å². The maximum Gasteiger partial charge on any atom is 0.191 e. The van der Waals surface area contributed by atoms with Gasteiger partial charge in [-0.3, -0.25) is 4.99 Å². The lowest BCUT2D eigenvalue weighted by Crippen LogP contribution is -2.46. The van der Waals surface area contributed by atoms with Crippen LogP contribution in [0.5, 0.6) is 0 Å². The number of aromatic nitrogens is 1. The van der Waals surface area contributed by atoms with Crippen LogP contribution in [-0.2, 0) is 13.1 Å². The van der Waals surface area contributed by atoms with Gasteiger partial charge >= 0.3 is 0 Å². The Morgan fingerprint density at radius 2 is 1.93 bits per heavy atom. The third-order valence-corrected chi connectivity index (χ3v) is 5.84. The maximum absolute atomic E-state index is 14.7. The average Bonchev–Trinajstić information content (AvgIpc) is 3.13. The van der Waals surface area contributed by atoms with E-state index in [1.165, 1.54) is 4.88 Å². The van der Waals surface area contributed by atoms with Crippen molar-refractivity contribution < 1.29 is 4.39 Å². The standard InChI is InChI=1S/C20H29FN6S.HI/c1-4-26-7-9-27(10-8-26)18-6-5-16(11-17(18)21)13-24-20(22-3)25-14-19-23-12-15(2)28-19;/h5-6,11-12H,4,7-10,13-14H2,1-3H3,(H2,22,24,25);1H. The van der Waals surface area contributed by atoms with E-state index >= 15 is 0 Å². The van der Waals surface area contributed by atoms with Gasteiger partial charge in [0.1, 0.15) is 10.8 Å². The summed E-state index contributed by atoms with van der Waals surface area (Å²) in [6.07, 6.45) is 1.87. The van der Waals surface area contributed by atoms with E-state index in [9.17, 15) is 4.39 Å². The second-order valence-corrected chi connectivity index (χ2v) is 8.17. The van der Waals surface area contributed by atoms with Crippen molar-refractivity contribution in [1.82, 2.24) is 20.5 Å². The van der Waals surface area contributed by atoms with E-state index in [1.807, 2.05) is 25.3 Å². The molecule has 1 aliphatic rings. The van der Waals surface area contributed by atoms with E-state index < -0.39 is 0 Å². The van der Waals surface area contributed by atoms with Crippen LogP contribution in [0.1, 0.15) is 22.4 Å². The van der Waals surface area contributed by atoms with E-state index in [4.69, 9.17) is 0 Å². The molecule has 0 spiro atoms. The molecule has 1 aromatic heterocycles. The largest absolute Gasteiger partial charge is 0.367 e. The molecule has 9 heteroatoms. The molecule has 1 aromatic carbocycles. The first-order valence-corrected chi connectivity index (χ1v) is 10.5. The van der Waals surface area contributed by atoms with Crippen molar-refractivity contribution in [2.24, 2.45) is 4.99 Å². The molecule has 2 heterocycles. The normalized spacial score (nSPS) is 15.2. The third kappa shape index (κ3) is 6.78. The van der Waals surface area contributed by atoms with E-state index in [1.54, 1.807) is 24.5 Å². The molecule has 0 atom stereocenters. The number of thiazole rings is 1. The van der Waals surface area contributed by atoms with Gasteiger partial charge in [-0.15, -0.1) is 35.3 Å². The zero-order valence-electron chi connectivity index (χ0n) is 17.2. The molecule has 29 heavy (non-hydrogen) atoms. The fourth-order valence-electron chi connectivity index (χ4n) is 3.27. The Morgan fingerprint density at radius 1 is 1.21 bits per heavy atom. The molecule has 0 unspecified atom stereocenters. The van der Waals surface area contributed by atoms with Gasteiger partial charge in [0, 0.05) is 50.8 Å². The number of likely N-dealkylation sites (N-methyl/N-ethyl adjacent to an activating group) is 1. The van der Waals surface area contributed by atoms with Crippen LogP contribution in [0.25, 0.3) is 0 Å². The van der Waals surface area contributed by atoms with Crippen LogP contribution in [0, 0.1) is 12.7 Å². The number of hydrogen-bond acceptors (Lipinski definition) is 5. The Labute approximate surface area is 193 Å². The lowest BCUT2D eigenvalue weighted by Gasteiger charge is -2.35. The Hall–Kier alpha value is -1.46. The zero-order valence-corrected chi connectivity index (χ0v) is 20.4. The molecule has 1 saturated heterocycles. The topological polar surface area (TPSA) is 55.8 Å². The molecule has 0 bridgehead atoms. The number of hydrogen-bond donors (Lipinski definition) is 2. The lowest BCUT2D eigenvalue weighted by atomic mass is 10.1. The second kappa shape index (κ2) is 11.7. The van der Waals surface area contributed by atoms with Crippen LogP contribution in [0.15, 0.2) is 29.4 Å². The minimum Gasteiger partial charge on any atom is -0.367 e. The minimum atomic E-state index is -0.162. The van der Waals surface area contributed by atoms with E-state index in [2.05, 4.69) is 37.3 Å². The van der Waals surface area contributed by atoms with E-state index in [-0.39, 0.29) is 29.8 Å². The highest BCUT2D eigenvalue weighted by molar-refractivity contribution is 14.0. The Morgan fingerprint density at radius 3 is 2.52 bits per heavy atom. The number of halogens is 2. The number of rotatable bonds is 6. The van der Waals surface area contributed by atoms with Crippen LogP contribution in [0.3, 0.4) is 0 Å². The number of guanidine groups is 1. The first-order valence-electron chi connectivity index (χ1n) is 9.70. The molecule has 0 aliphatic carbocycles. The first kappa shape index (κ1) is 23.8. The number of nitrogens with one attached hydrogen (secondary N) is 2. The minimum absolute atomic E-state index is 0. The maximum atomic E-state index is 14.7. The predicted molar refractivity (Wildman–Crippen MR) is 130 cm³/mol. The van der Waals surface area contributed by atoms with Gasteiger partial charge < -0.3 is 20.4 Å². The van der Waals surface area contributed by atoms with Crippen molar-refractivity contribution in [3.05, 3.63) is 45.7 Å². The van der Waals surface area contributed by atoms with E-state index in [0.717, 1.165) is 43.3 Å². The highest BCUT2D eigenvalue weighted by Gasteiger charge is 2.18. The van der Waals surface area contributed by atoms with Crippen molar-refractivity contribution in [2.45, 2.75) is 26.9 Å². The fourth-order valence-corrected chi connectivity index (χ4v) is 4.00. The number of nitrogens with zero attached hydrogens (tertiary/aromatic N) is 4. The number of aliphatic imine (C=N–C) groups is 1. The molecule has 2 N–H and O–H groups in total. The quantitative estimate of drug-likeness (QED) is 0.340. The molecular weight excluding hydrogens is 502 g/mol. The monoisotopic (exact) mass is 532 g/mol. The number of benzene rings is 1. The van der Waals surface area contributed by atoms with Crippen molar-refractivity contribution in [2.75, 3.05) is 44.7 Å². The van der Waals surface area contributed by atoms with Gasteiger partial charge in [0.25, 0.3) is 0 Å². The average molecular weight is 532 g/mol. The molecule has 0 amide bonds. The van der Waals surface area contributed by atoms with Crippen molar-refractivity contribution in [1.29, 1.82) is 0 Å². The van der Waals surface area contributed by atoms with E-state index in [0.29, 0.717) is 24.7 Å². The summed E-state index contributed by atoms with van der Waals surface area (Å²) in [6.45, 7) is 10.1. The number of aryl methyl sites for hydroxylation is 1. The van der Waals surface area contributed by atoms with Crippen molar-refractivity contribution >= 4 is 47.0 Å². The summed E-state index contributed by atoms with van der Waals surface area (Å²) in [5, 5.41) is 7.48. The van der Waals surface area contributed by atoms with Crippen LogP contribution in [0.4, 0.5) is 10.1 Å².